The average Bonchev–Trinajstić information content (AvgIpc) is 3.55. The smallest absolute Gasteiger partial charge is 0.149 e. The summed E-state index contributed by atoms with van der Waals surface area (Å²) in [7, 11) is -1.95. The maximum absolute atomic E-state index is 12.5. The average molecular weight is 812 g/mol. The first-order chi connectivity index (χ1) is 27.8. The number of imidazole rings is 1. The van der Waals surface area contributed by atoms with Gasteiger partial charge in [0, 0.05) is 28.6 Å². The highest BCUT2D eigenvalue weighted by atomic mass is 28.3. The van der Waals surface area contributed by atoms with E-state index >= 15 is 0 Å². The van der Waals surface area contributed by atoms with Crippen molar-refractivity contribution in [2.75, 3.05) is 0 Å². The second-order valence-corrected chi connectivity index (χ2v) is 27.0. The zero-order valence-corrected chi connectivity index (χ0v) is 39.8. The van der Waals surface area contributed by atoms with Crippen LogP contribution in [0.2, 0.25) is 19.6 Å². The molecule has 0 aliphatic carbocycles. The van der Waals surface area contributed by atoms with Gasteiger partial charge in [0.15, 0.2) is 0 Å². The second-order valence-electron chi connectivity index (χ2n) is 21.9. The lowest BCUT2D eigenvalue weighted by molar-refractivity contribution is 0.446. The molecule has 0 fully saturated rings. The van der Waals surface area contributed by atoms with Crippen molar-refractivity contribution in [2.24, 2.45) is 0 Å². The number of hydrogen-bond acceptors (Lipinski definition) is 3. The summed E-state index contributed by atoms with van der Waals surface area (Å²) in [5.41, 5.74) is 14.3. The van der Waals surface area contributed by atoms with Crippen LogP contribution in [0.5, 0.6) is 5.75 Å². The third kappa shape index (κ3) is 8.39. The van der Waals surface area contributed by atoms with E-state index < -0.39 is 8.07 Å². The predicted molar refractivity (Wildman–Crippen MR) is 260 cm³/mol. The Kier molecular flexibility index (Phi) is 10.7. The minimum atomic E-state index is -1.95. The van der Waals surface area contributed by atoms with Crippen molar-refractivity contribution in [3.63, 3.8) is 0 Å². The number of para-hydroxylation sites is 1. The lowest BCUT2D eigenvalue weighted by Gasteiger charge is -2.29. The van der Waals surface area contributed by atoms with Crippen LogP contribution in [0, 0.1) is 0 Å². The summed E-state index contributed by atoms with van der Waals surface area (Å²) in [5, 5.41) is 13.8. The molecule has 0 aliphatic heterocycles. The lowest BCUT2D eigenvalue weighted by atomic mass is 9.79. The van der Waals surface area contributed by atoms with E-state index in [-0.39, 0.29) is 27.4 Å². The van der Waals surface area contributed by atoms with E-state index in [4.69, 9.17) is 9.97 Å². The molecule has 7 aromatic rings. The van der Waals surface area contributed by atoms with Crippen LogP contribution in [-0.2, 0) is 21.7 Å². The number of benzene rings is 5. The predicted octanol–water partition coefficient (Wildman–Crippen LogP) is 14.5. The van der Waals surface area contributed by atoms with Crippen LogP contribution in [0.3, 0.4) is 0 Å². The van der Waals surface area contributed by atoms with Gasteiger partial charge in [0.1, 0.15) is 11.6 Å². The zero-order chi connectivity index (χ0) is 43.7. The van der Waals surface area contributed by atoms with Crippen molar-refractivity contribution in [2.45, 2.75) is 124 Å². The molecule has 0 saturated heterocycles. The van der Waals surface area contributed by atoms with Gasteiger partial charge in [-0.25, -0.2) is 4.98 Å². The normalized spacial score (nSPS) is 13.0. The van der Waals surface area contributed by atoms with Crippen LogP contribution in [0.15, 0.2) is 115 Å². The first kappa shape index (κ1) is 42.8. The van der Waals surface area contributed by atoms with Crippen LogP contribution < -0.4 is 5.19 Å². The molecule has 5 heteroatoms. The number of aromatic hydroxyl groups is 1. The standard InChI is InChI=1S/C55H65N3OSi/c1-52(2,3)39-24-25-46(48(34-39)60(13,14)15)58-47-23-19-22-42(49(47)57-51(58)43-32-41(54(7,8)9)33-44(50(43)59)55(10,11)12)37-28-38(30-40(29-37)53(4,5)6)45-31-36(26-27-56-45)35-20-17-16-18-21-35/h16-34,59H,1-15H3. The molecule has 0 amide bonds. The fraction of sp³-hybridized carbons (Fsp3) is 0.345. The number of hydrogen-bond donors (Lipinski definition) is 1. The zero-order valence-electron chi connectivity index (χ0n) is 38.8. The third-order valence-electron chi connectivity index (χ3n) is 11.9. The summed E-state index contributed by atoms with van der Waals surface area (Å²) in [5.74, 6) is 1.04. The van der Waals surface area contributed by atoms with E-state index in [1.807, 2.05) is 6.20 Å². The molecule has 60 heavy (non-hydrogen) atoms. The fourth-order valence-electron chi connectivity index (χ4n) is 8.13. The molecule has 4 nitrogen and oxygen atoms in total. The van der Waals surface area contributed by atoms with Crippen LogP contribution in [0.25, 0.3) is 61.6 Å². The van der Waals surface area contributed by atoms with E-state index in [2.05, 4.69) is 216 Å². The Balaban J connectivity index is 1.58. The number of aromatic nitrogens is 3. The van der Waals surface area contributed by atoms with Crippen molar-refractivity contribution in [3.8, 4) is 56.3 Å². The molecule has 0 atom stereocenters. The molecule has 0 spiro atoms. The summed E-state index contributed by atoms with van der Waals surface area (Å²) in [4.78, 5) is 10.6. The molecule has 0 unspecified atom stereocenters. The van der Waals surface area contributed by atoms with Crippen LogP contribution in [0.1, 0.15) is 105 Å². The Morgan fingerprint density at radius 3 is 1.77 bits per heavy atom. The van der Waals surface area contributed by atoms with Gasteiger partial charge in [0.2, 0.25) is 0 Å². The van der Waals surface area contributed by atoms with Crippen molar-refractivity contribution in [1.82, 2.24) is 14.5 Å². The number of pyridine rings is 1. The van der Waals surface area contributed by atoms with E-state index in [0.29, 0.717) is 0 Å². The van der Waals surface area contributed by atoms with E-state index in [1.54, 1.807) is 0 Å². The number of fused-ring (bicyclic) bond motifs is 1. The van der Waals surface area contributed by atoms with Crippen molar-refractivity contribution in [3.05, 3.63) is 138 Å². The Morgan fingerprint density at radius 1 is 0.517 bits per heavy atom. The van der Waals surface area contributed by atoms with Gasteiger partial charge >= 0.3 is 0 Å². The highest BCUT2D eigenvalue weighted by Gasteiger charge is 2.31. The molecule has 0 radical (unpaired) electrons. The van der Waals surface area contributed by atoms with Gasteiger partial charge in [0.05, 0.1) is 30.4 Å². The van der Waals surface area contributed by atoms with Gasteiger partial charge in [0.25, 0.3) is 0 Å². The summed E-state index contributed by atoms with van der Waals surface area (Å²) in [6.45, 7) is 34.2. The van der Waals surface area contributed by atoms with Gasteiger partial charge in [-0.15, -0.1) is 0 Å². The Bertz CT molecular complexity index is 2720. The van der Waals surface area contributed by atoms with Crippen molar-refractivity contribution in [1.29, 1.82) is 0 Å². The number of nitrogens with zero attached hydrogens (tertiary/aromatic N) is 3. The molecule has 7 rings (SSSR count). The fourth-order valence-corrected chi connectivity index (χ4v) is 9.68. The van der Waals surface area contributed by atoms with Gasteiger partial charge in [-0.05, 0) is 103 Å². The first-order valence-corrected chi connectivity index (χ1v) is 25.1. The Hall–Kier alpha value is -5.26. The van der Waals surface area contributed by atoms with E-state index in [1.165, 1.54) is 21.9 Å². The molecule has 0 saturated carbocycles. The molecule has 1 N–H and O–H groups in total. The largest absolute Gasteiger partial charge is 0.507 e. The summed E-state index contributed by atoms with van der Waals surface area (Å²) in [6.07, 6.45) is 1.92. The highest BCUT2D eigenvalue weighted by molar-refractivity contribution is 6.89. The van der Waals surface area contributed by atoms with Gasteiger partial charge in [-0.1, -0.05) is 169 Å². The molecule has 2 heterocycles. The lowest BCUT2D eigenvalue weighted by Crippen LogP contribution is -2.41. The quantitative estimate of drug-likeness (QED) is 0.170. The minimum absolute atomic E-state index is 0.00783. The molecular formula is C55H65N3OSi. The number of phenolic OH excluding ortho intramolecular Hbond substituents is 1. The Morgan fingerprint density at radius 2 is 1.15 bits per heavy atom. The minimum Gasteiger partial charge on any atom is -0.507 e. The number of rotatable bonds is 6. The van der Waals surface area contributed by atoms with Crippen molar-refractivity contribution >= 4 is 24.3 Å². The molecule has 0 bridgehead atoms. The van der Waals surface area contributed by atoms with Gasteiger partial charge in [-0.3, -0.25) is 9.55 Å². The van der Waals surface area contributed by atoms with Gasteiger partial charge < -0.3 is 5.11 Å². The van der Waals surface area contributed by atoms with E-state index in [9.17, 15) is 5.11 Å². The summed E-state index contributed by atoms with van der Waals surface area (Å²) < 4.78 is 2.35. The molecule has 0 aliphatic rings. The monoisotopic (exact) mass is 811 g/mol. The summed E-state index contributed by atoms with van der Waals surface area (Å²) in [6, 6.07) is 39.7. The maximum atomic E-state index is 12.5. The molecule has 5 aromatic carbocycles. The van der Waals surface area contributed by atoms with Crippen LogP contribution in [0.4, 0.5) is 0 Å². The van der Waals surface area contributed by atoms with Crippen LogP contribution in [-0.4, -0.2) is 27.7 Å². The molecule has 310 valence electrons. The first-order valence-electron chi connectivity index (χ1n) is 21.6. The molecular weight excluding hydrogens is 747 g/mol. The third-order valence-corrected chi connectivity index (χ3v) is 13.9. The summed E-state index contributed by atoms with van der Waals surface area (Å²) >= 11 is 0. The number of phenols is 1. The topological polar surface area (TPSA) is 50.9 Å². The van der Waals surface area contributed by atoms with Crippen molar-refractivity contribution < 1.29 is 5.11 Å². The second kappa shape index (κ2) is 15.0. The van der Waals surface area contributed by atoms with Gasteiger partial charge in [-0.2, -0.15) is 0 Å². The van der Waals surface area contributed by atoms with Crippen LogP contribution >= 0.6 is 0 Å². The molecule has 2 aromatic heterocycles. The highest BCUT2D eigenvalue weighted by Crippen LogP contribution is 2.45. The SMILES string of the molecule is CC(C)(C)c1cc(-c2cc(-c3ccccc3)ccn2)cc(-c2cccc3c2nc(-c2cc(C(C)(C)C)cc(C(C)(C)C)c2O)n3-c2ccc(C(C)(C)C)cc2[Si](C)(C)C)c1. The maximum Gasteiger partial charge on any atom is 0.149 e. The Labute approximate surface area is 360 Å². The van der Waals surface area contributed by atoms with E-state index in [0.717, 1.165) is 67.2 Å².